The summed E-state index contributed by atoms with van der Waals surface area (Å²) < 4.78 is 12.9. The fourth-order valence-corrected chi connectivity index (χ4v) is 5.64. The van der Waals surface area contributed by atoms with Gasteiger partial charge in [0.15, 0.2) is 0 Å². The van der Waals surface area contributed by atoms with Crippen LogP contribution in [0.3, 0.4) is 0 Å². The molecule has 2 rings (SSSR count). The molecular weight excluding hydrogens is 266 g/mol. The lowest BCUT2D eigenvalue weighted by molar-refractivity contribution is 0.253. The highest BCUT2D eigenvalue weighted by molar-refractivity contribution is 7.84. The average molecular weight is 293 g/mol. The number of hydrogen-bond donors (Lipinski definition) is 1. The fourth-order valence-electron chi connectivity index (χ4n) is 3.58. The van der Waals surface area contributed by atoms with Crippen molar-refractivity contribution in [2.75, 3.05) is 7.05 Å². The Hall–Kier alpha value is -0.670. The summed E-state index contributed by atoms with van der Waals surface area (Å²) in [4.78, 5) is 0. The van der Waals surface area contributed by atoms with E-state index in [1.807, 2.05) is 19.2 Å². The van der Waals surface area contributed by atoms with E-state index in [1.54, 1.807) is 0 Å². The van der Waals surface area contributed by atoms with E-state index in [1.165, 1.54) is 17.5 Å². The third-order valence-corrected chi connectivity index (χ3v) is 6.62. The molecule has 0 radical (unpaired) electrons. The summed E-state index contributed by atoms with van der Waals surface area (Å²) in [6, 6.07) is 8.69. The van der Waals surface area contributed by atoms with Gasteiger partial charge in [-0.2, -0.15) is 0 Å². The summed E-state index contributed by atoms with van der Waals surface area (Å²) in [7, 11) is 1.20. The van der Waals surface area contributed by atoms with Gasteiger partial charge in [0, 0.05) is 22.6 Å². The smallest absolute Gasteiger partial charge is 0.0530 e. The summed E-state index contributed by atoms with van der Waals surface area (Å²) in [6.07, 6.45) is 2.34. The molecule has 0 heterocycles. The van der Waals surface area contributed by atoms with E-state index in [0.29, 0.717) is 17.7 Å². The molecule has 20 heavy (non-hydrogen) atoms. The molecule has 1 aromatic rings. The monoisotopic (exact) mass is 293 g/mol. The molecule has 1 aliphatic rings. The van der Waals surface area contributed by atoms with Crippen LogP contribution in [0.5, 0.6) is 0 Å². The first-order chi connectivity index (χ1) is 9.52. The maximum atomic E-state index is 12.9. The topological polar surface area (TPSA) is 29.1 Å². The molecule has 5 unspecified atom stereocenters. The molecule has 0 bridgehead atoms. The van der Waals surface area contributed by atoms with Crippen LogP contribution in [0.4, 0.5) is 0 Å². The maximum Gasteiger partial charge on any atom is 0.0530 e. The first kappa shape index (κ1) is 15.7. The molecule has 1 N–H and O–H groups in total. The molecule has 0 saturated heterocycles. The van der Waals surface area contributed by atoms with E-state index in [9.17, 15) is 4.21 Å². The molecule has 0 spiro atoms. The van der Waals surface area contributed by atoms with E-state index >= 15 is 0 Å². The summed E-state index contributed by atoms with van der Waals surface area (Å²) in [5.74, 6) is 1.95. The minimum Gasteiger partial charge on any atom is -0.316 e. The van der Waals surface area contributed by atoms with Gasteiger partial charge in [0.05, 0.1) is 5.25 Å². The number of benzene rings is 1. The highest BCUT2D eigenvalue weighted by Gasteiger charge is 2.36. The van der Waals surface area contributed by atoms with Crippen molar-refractivity contribution in [1.82, 2.24) is 5.32 Å². The van der Waals surface area contributed by atoms with Gasteiger partial charge in [-0.3, -0.25) is 4.21 Å². The molecule has 1 aromatic carbocycles. The van der Waals surface area contributed by atoms with Crippen molar-refractivity contribution in [1.29, 1.82) is 0 Å². The maximum absolute atomic E-state index is 12.9. The lowest BCUT2D eigenvalue weighted by Crippen LogP contribution is -2.49. The molecule has 1 saturated carbocycles. The van der Waals surface area contributed by atoms with Crippen LogP contribution in [0, 0.1) is 18.8 Å². The average Bonchev–Trinajstić information content (AvgIpc) is 2.40. The second-order valence-electron chi connectivity index (χ2n) is 6.37. The lowest BCUT2D eigenvalue weighted by atomic mass is 9.80. The molecule has 0 amide bonds. The van der Waals surface area contributed by atoms with Gasteiger partial charge in [-0.1, -0.05) is 38.1 Å². The van der Waals surface area contributed by atoms with Crippen LogP contribution in [0.1, 0.15) is 37.8 Å². The molecule has 3 heteroatoms. The molecule has 0 aliphatic heterocycles. The van der Waals surface area contributed by atoms with Crippen molar-refractivity contribution < 1.29 is 4.21 Å². The van der Waals surface area contributed by atoms with Crippen LogP contribution in [-0.4, -0.2) is 22.5 Å². The van der Waals surface area contributed by atoms with Crippen LogP contribution in [0.2, 0.25) is 0 Å². The third kappa shape index (κ3) is 3.50. The second kappa shape index (κ2) is 6.86. The van der Waals surface area contributed by atoms with E-state index in [2.05, 4.69) is 38.2 Å². The first-order valence-electron chi connectivity index (χ1n) is 7.61. The third-order valence-electron chi connectivity index (χ3n) is 4.62. The fraction of sp³-hybridized carbons (Fsp3) is 0.647. The van der Waals surface area contributed by atoms with Crippen molar-refractivity contribution in [2.45, 2.75) is 50.7 Å². The predicted octanol–water partition coefficient (Wildman–Crippen LogP) is 3.27. The summed E-state index contributed by atoms with van der Waals surface area (Å²) in [5.41, 5.74) is 2.48. The summed E-state index contributed by atoms with van der Waals surface area (Å²) in [5, 5.41) is 3.68. The van der Waals surface area contributed by atoms with Crippen molar-refractivity contribution in [2.24, 2.45) is 11.8 Å². The quantitative estimate of drug-likeness (QED) is 0.923. The zero-order valence-electron chi connectivity index (χ0n) is 13.1. The minimum atomic E-state index is -0.805. The van der Waals surface area contributed by atoms with Crippen LogP contribution in [-0.2, 0) is 16.6 Å². The molecular formula is C17H27NOS. The van der Waals surface area contributed by atoms with Gasteiger partial charge < -0.3 is 5.32 Å². The molecule has 0 aromatic heterocycles. The molecule has 2 nitrogen and oxygen atoms in total. The zero-order chi connectivity index (χ0) is 14.7. The minimum absolute atomic E-state index is 0.274. The Balaban J connectivity index is 2.13. The Kier molecular flexibility index (Phi) is 5.39. The Morgan fingerprint density at radius 3 is 2.60 bits per heavy atom. The largest absolute Gasteiger partial charge is 0.316 e. The SMILES string of the molecule is CNC1CC(C)CC(C)C1S(=O)Cc1ccccc1C. The second-order valence-corrected chi connectivity index (χ2v) is 7.96. The number of rotatable bonds is 4. The van der Waals surface area contributed by atoms with E-state index < -0.39 is 10.8 Å². The van der Waals surface area contributed by atoms with E-state index in [0.717, 1.165) is 12.3 Å². The van der Waals surface area contributed by atoms with Crippen molar-refractivity contribution in [3.8, 4) is 0 Å². The molecule has 1 fully saturated rings. The highest BCUT2D eigenvalue weighted by Crippen LogP contribution is 2.33. The van der Waals surface area contributed by atoms with E-state index in [4.69, 9.17) is 0 Å². The predicted molar refractivity (Wildman–Crippen MR) is 87.2 cm³/mol. The van der Waals surface area contributed by atoms with Gasteiger partial charge in [-0.05, 0) is 49.8 Å². The van der Waals surface area contributed by atoms with Crippen LogP contribution >= 0.6 is 0 Å². The van der Waals surface area contributed by atoms with Crippen LogP contribution in [0.15, 0.2) is 24.3 Å². The molecule has 112 valence electrons. The van der Waals surface area contributed by atoms with Crippen molar-refractivity contribution >= 4 is 10.8 Å². The Morgan fingerprint density at radius 1 is 1.25 bits per heavy atom. The number of aryl methyl sites for hydroxylation is 1. The van der Waals surface area contributed by atoms with E-state index in [-0.39, 0.29) is 5.25 Å². The summed E-state index contributed by atoms with van der Waals surface area (Å²) >= 11 is 0. The Labute approximate surface area is 125 Å². The first-order valence-corrected chi connectivity index (χ1v) is 9.00. The van der Waals surface area contributed by atoms with Gasteiger partial charge in [-0.15, -0.1) is 0 Å². The Morgan fingerprint density at radius 2 is 1.95 bits per heavy atom. The van der Waals surface area contributed by atoms with Crippen LogP contribution < -0.4 is 5.32 Å². The standard InChI is InChI=1S/C17H27NOS/c1-12-9-14(3)17(16(10-12)18-4)20(19)11-15-8-6-5-7-13(15)2/h5-8,12,14,16-18H,9-11H2,1-4H3. The number of hydrogen-bond acceptors (Lipinski definition) is 2. The Bertz CT molecular complexity index is 474. The summed E-state index contributed by atoms with van der Waals surface area (Å²) in [6.45, 7) is 6.68. The number of nitrogens with one attached hydrogen (secondary N) is 1. The van der Waals surface area contributed by atoms with Gasteiger partial charge >= 0.3 is 0 Å². The normalized spacial score (nSPS) is 32.0. The van der Waals surface area contributed by atoms with Gasteiger partial charge in [0.1, 0.15) is 0 Å². The van der Waals surface area contributed by atoms with Gasteiger partial charge in [-0.25, -0.2) is 0 Å². The van der Waals surface area contributed by atoms with Crippen molar-refractivity contribution in [3.63, 3.8) is 0 Å². The zero-order valence-corrected chi connectivity index (χ0v) is 13.9. The van der Waals surface area contributed by atoms with Crippen molar-refractivity contribution in [3.05, 3.63) is 35.4 Å². The molecule has 1 aliphatic carbocycles. The van der Waals surface area contributed by atoms with Gasteiger partial charge in [0.25, 0.3) is 0 Å². The highest BCUT2D eigenvalue weighted by atomic mass is 32.2. The lowest BCUT2D eigenvalue weighted by Gasteiger charge is -2.39. The van der Waals surface area contributed by atoms with Gasteiger partial charge in [0.2, 0.25) is 0 Å². The van der Waals surface area contributed by atoms with Crippen LogP contribution in [0.25, 0.3) is 0 Å². The molecule has 5 atom stereocenters.